The number of nitrogens with zero attached hydrogens (tertiary/aromatic N) is 1. The number of halogens is 1. The lowest BCUT2D eigenvalue weighted by Gasteiger charge is -2.05. The minimum Gasteiger partial charge on any atom is -0.497 e. The van der Waals surface area contributed by atoms with Crippen LogP contribution in [0.25, 0.3) is 0 Å². The van der Waals surface area contributed by atoms with Gasteiger partial charge in [-0.3, -0.25) is 4.79 Å². The second kappa shape index (κ2) is 6.65. The Bertz CT molecular complexity index is 666. The number of amides is 1. The van der Waals surface area contributed by atoms with Crippen molar-refractivity contribution >= 4 is 11.6 Å². The van der Waals surface area contributed by atoms with Crippen LogP contribution >= 0.6 is 0 Å². The van der Waals surface area contributed by atoms with Crippen LogP contribution in [0.15, 0.2) is 53.6 Å². The summed E-state index contributed by atoms with van der Waals surface area (Å²) in [4.78, 5) is 12.0. The van der Waals surface area contributed by atoms with E-state index in [-0.39, 0.29) is 11.7 Å². The maximum atomic E-state index is 12.8. The molecule has 0 spiro atoms. The molecule has 5 heteroatoms. The predicted octanol–water partition coefficient (Wildman–Crippen LogP) is 2.99. The molecular formula is C16H15FN2O2. The first-order valence-corrected chi connectivity index (χ1v) is 6.35. The molecule has 108 valence electrons. The highest BCUT2D eigenvalue weighted by molar-refractivity contribution is 6.00. The summed E-state index contributed by atoms with van der Waals surface area (Å²) in [7, 11) is 1.54. The third kappa shape index (κ3) is 3.89. The smallest absolute Gasteiger partial charge is 0.271 e. The van der Waals surface area contributed by atoms with Crippen LogP contribution in [0.1, 0.15) is 22.8 Å². The van der Waals surface area contributed by atoms with Gasteiger partial charge in [-0.15, -0.1) is 0 Å². The molecule has 4 nitrogen and oxygen atoms in total. The summed E-state index contributed by atoms with van der Waals surface area (Å²) in [5.74, 6) is -0.0517. The van der Waals surface area contributed by atoms with Crippen LogP contribution in [-0.4, -0.2) is 18.7 Å². The fraction of sp³-hybridized carbons (Fsp3) is 0.125. The van der Waals surface area contributed by atoms with E-state index in [1.807, 2.05) is 0 Å². The third-order valence-electron chi connectivity index (χ3n) is 2.92. The molecule has 0 saturated carbocycles. The molecule has 1 amide bonds. The van der Waals surface area contributed by atoms with Crippen LogP contribution < -0.4 is 10.2 Å². The standard InChI is InChI=1S/C16H15FN2O2/c1-11(12-6-8-14(17)9-7-12)18-19-16(20)13-4-3-5-15(10-13)21-2/h3-10H,1-2H3,(H,19,20). The highest BCUT2D eigenvalue weighted by Crippen LogP contribution is 2.12. The van der Waals surface area contributed by atoms with Crippen LogP contribution in [0.5, 0.6) is 5.75 Å². The third-order valence-corrected chi connectivity index (χ3v) is 2.92. The van der Waals surface area contributed by atoms with Crippen LogP contribution in [0.4, 0.5) is 4.39 Å². The number of benzene rings is 2. The molecule has 2 rings (SSSR count). The first-order chi connectivity index (χ1) is 10.1. The molecule has 0 atom stereocenters. The molecule has 0 aliphatic carbocycles. The van der Waals surface area contributed by atoms with E-state index < -0.39 is 0 Å². The zero-order valence-corrected chi connectivity index (χ0v) is 11.8. The van der Waals surface area contributed by atoms with E-state index in [9.17, 15) is 9.18 Å². The second-order valence-corrected chi connectivity index (χ2v) is 4.38. The van der Waals surface area contributed by atoms with Crippen molar-refractivity contribution in [2.75, 3.05) is 7.11 Å². The van der Waals surface area contributed by atoms with Gasteiger partial charge in [0.15, 0.2) is 0 Å². The maximum absolute atomic E-state index is 12.8. The van der Waals surface area contributed by atoms with Crippen LogP contribution in [0.3, 0.4) is 0 Å². The summed E-state index contributed by atoms with van der Waals surface area (Å²) in [6.07, 6.45) is 0. The number of hydrogen-bond donors (Lipinski definition) is 1. The van der Waals surface area contributed by atoms with Crippen LogP contribution in [0, 0.1) is 5.82 Å². The molecule has 0 radical (unpaired) electrons. The number of carbonyl (C=O) groups excluding carboxylic acids is 1. The van der Waals surface area contributed by atoms with Gasteiger partial charge in [0.1, 0.15) is 11.6 Å². The topological polar surface area (TPSA) is 50.7 Å². The van der Waals surface area contributed by atoms with E-state index >= 15 is 0 Å². The number of nitrogens with one attached hydrogen (secondary N) is 1. The van der Waals surface area contributed by atoms with E-state index in [2.05, 4.69) is 10.5 Å². The number of rotatable bonds is 4. The molecule has 0 unspecified atom stereocenters. The van der Waals surface area contributed by atoms with Crippen LogP contribution in [0.2, 0.25) is 0 Å². The van der Waals surface area contributed by atoms with Crippen LogP contribution in [-0.2, 0) is 0 Å². The molecule has 0 aliphatic heterocycles. The quantitative estimate of drug-likeness (QED) is 0.694. The summed E-state index contributed by atoms with van der Waals surface area (Å²) in [6, 6.07) is 12.7. The normalized spacial score (nSPS) is 11.1. The summed E-state index contributed by atoms with van der Waals surface area (Å²) in [6.45, 7) is 1.74. The first kappa shape index (κ1) is 14.7. The van der Waals surface area contributed by atoms with Gasteiger partial charge in [-0.1, -0.05) is 18.2 Å². The minimum atomic E-state index is -0.338. The predicted molar refractivity (Wildman–Crippen MR) is 79.1 cm³/mol. The van der Waals surface area contributed by atoms with E-state index in [1.54, 1.807) is 43.3 Å². The van der Waals surface area contributed by atoms with Gasteiger partial charge in [-0.25, -0.2) is 9.82 Å². The van der Waals surface area contributed by atoms with Gasteiger partial charge in [-0.2, -0.15) is 5.10 Å². The van der Waals surface area contributed by atoms with Crippen molar-refractivity contribution in [3.05, 3.63) is 65.5 Å². The van der Waals surface area contributed by atoms with Crippen molar-refractivity contribution in [2.24, 2.45) is 5.10 Å². The Labute approximate surface area is 122 Å². The Morgan fingerprint density at radius 2 is 1.86 bits per heavy atom. The molecule has 1 N–H and O–H groups in total. The zero-order valence-electron chi connectivity index (χ0n) is 11.8. The number of hydrogen-bond acceptors (Lipinski definition) is 3. The fourth-order valence-electron chi connectivity index (χ4n) is 1.72. The Kier molecular flexibility index (Phi) is 4.66. The lowest BCUT2D eigenvalue weighted by atomic mass is 10.1. The fourth-order valence-corrected chi connectivity index (χ4v) is 1.72. The molecule has 21 heavy (non-hydrogen) atoms. The summed E-state index contributed by atoms with van der Waals surface area (Å²) >= 11 is 0. The highest BCUT2D eigenvalue weighted by Gasteiger charge is 2.06. The number of carbonyl (C=O) groups is 1. The zero-order chi connectivity index (χ0) is 15.2. The average Bonchev–Trinajstić information content (AvgIpc) is 2.53. The Morgan fingerprint density at radius 1 is 1.14 bits per heavy atom. The van der Waals surface area contributed by atoms with Gasteiger partial charge in [0.25, 0.3) is 5.91 Å². The lowest BCUT2D eigenvalue weighted by molar-refractivity contribution is 0.0954. The molecule has 2 aromatic rings. The number of ether oxygens (including phenoxy) is 1. The summed E-state index contributed by atoms with van der Waals surface area (Å²) in [5, 5.41) is 4.01. The SMILES string of the molecule is COc1cccc(C(=O)NN=C(C)c2ccc(F)cc2)c1. The Hall–Kier alpha value is -2.69. The van der Waals surface area contributed by atoms with E-state index in [1.165, 1.54) is 19.2 Å². The van der Waals surface area contributed by atoms with Crippen molar-refractivity contribution in [1.29, 1.82) is 0 Å². The van der Waals surface area contributed by atoms with Crippen molar-refractivity contribution < 1.29 is 13.9 Å². The second-order valence-electron chi connectivity index (χ2n) is 4.38. The van der Waals surface area contributed by atoms with E-state index in [0.29, 0.717) is 17.0 Å². The molecule has 0 bridgehead atoms. The van der Waals surface area contributed by atoms with Gasteiger partial charge in [0.2, 0.25) is 0 Å². The molecule has 0 heterocycles. The van der Waals surface area contributed by atoms with Gasteiger partial charge >= 0.3 is 0 Å². The molecule has 2 aromatic carbocycles. The molecule has 0 aliphatic rings. The molecule has 0 fully saturated rings. The van der Waals surface area contributed by atoms with Gasteiger partial charge in [0.05, 0.1) is 12.8 Å². The lowest BCUT2D eigenvalue weighted by Crippen LogP contribution is -2.19. The molecular weight excluding hydrogens is 271 g/mol. The van der Waals surface area contributed by atoms with Crippen molar-refractivity contribution in [3.63, 3.8) is 0 Å². The van der Waals surface area contributed by atoms with Crippen molar-refractivity contribution in [2.45, 2.75) is 6.92 Å². The monoisotopic (exact) mass is 286 g/mol. The van der Waals surface area contributed by atoms with Gasteiger partial charge in [0, 0.05) is 5.56 Å². The summed E-state index contributed by atoms with van der Waals surface area (Å²) < 4.78 is 17.9. The highest BCUT2D eigenvalue weighted by atomic mass is 19.1. The van der Waals surface area contributed by atoms with E-state index in [0.717, 1.165) is 5.56 Å². The van der Waals surface area contributed by atoms with E-state index in [4.69, 9.17) is 4.74 Å². The van der Waals surface area contributed by atoms with Gasteiger partial charge < -0.3 is 4.74 Å². The maximum Gasteiger partial charge on any atom is 0.271 e. The number of methoxy groups -OCH3 is 1. The average molecular weight is 286 g/mol. The van der Waals surface area contributed by atoms with Gasteiger partial charge in [-0.05, 0) is 42.8 Å². The Balaban J connectivity index is 2.08. The minimum absolute atomic E-state index is 0.313. The number of hydrazone groups is 1. The largest absolute Gasteiger partial charge is 0.497 e. The Morgan fingerprint density at radius 3 is 2.52 bits per heavy atom. The molecule has 0 aromatic heterocycles. The van der Waals surface area contributed by atoms with Crippen molar-refractivity contribution in [3.8, 4) is 5.75 Å². The van der Waals surface area contributed by atoms with Crippen molar-refractivity contribution in [1.82, 2.24) is 5.43 Å². The summed E-state index contributed by atoms with van der Waals surface area (Å²) in [5.41, 5.74) is 4.24. The first-order valence-electron chi connectivity index (χ1n) is 6.35. The molecule has 0 saturated heterocycles.